The van der Waals surface area contributed by atoms with Crippen LogP contribution >= 0.6 is 11.3 Å². The number of anilines is 2. The summed E-state index contributed by atoms with van der Waals surface area (Å²) < 4.78 is 6.10. The van der Waals surface area contributed by atoms with Crippen LogP contribution in [0.25, 0.3) is 10.2 Å². The summed E-state index contributed by atoms with van der Waals surface area (Å²) in [7, 11) is 1.60. The number of hydrogen-bond acceptors (Lipinski definition) is 5. The number of rotatable bonds is 3. The zero-order valence-corrected chi connectivity index (χ0v) is 13.0. The molecule has 0 unspecified atom stereocenters. The molecule has 114 valence electrons. The van der Waals surface area contributed by atoms with E-state index in [-0.39, 0.29) is 6.03 Å². The van der Waals surface area contributed by atoms with E-state index in [2.05, 4.69) is 15.6 Å². The topological polar surface area (TPSA) is 87.0 Å². The molecule has 3 rings (SSSR count). The third-order valence-corrected chi connectivity index (χ3v) is 4.02. The number of methoxy groups -OCH3 is 1. The van der Waals surface area contributed by atoms with Gasteiger partial charge in [0, 0.05) is 5.69 Å². The van der Waals surface area contributed by atoms with Crippen LogP contribution in [0.4, 0.5) is 15.6 Å². The first-order valence-electron chi connectivity index (χ1n) is 6.70. The Labute approximate surface area is 136 Å². The van der Waals surface area contributed by atoms with Gasteiger partial charge in [0.2, 0.25) is 0 Å². The number of thiazole rings is 1. The van der Waals surface area contributed by atoms with Crippen molar-refractivity contribution in [2.45, 2.75) is 0 Å². The quantitative estimate of drug-likeness (QED) is 0.766. The van der Waals surface area contributed by atoms with Crippen LogP contribution in [0.15, 0.2) is 42.5 Å². The highest BCUT2D eigenvalue weighted by molar-refractivity contribution is 7.22. The van der Waals surface area contributed by atoms with E-state index in [1.165, 1.54) is 11.3 Å². The van der Waals surface area contributed by atoms with Gasteiger partial charge in [-0.25, -0.2) is 9.78 Å². The monoisotopic (exact) mass is 324 g/mol. The predicted molar refractivity (Wildman–Crippen MR) is 90.0 cm³/mol. The van der Waals surface area contributed by atoms with E-state index in [4.69, 9.17) is 10.00 Å². The fraction of sp³-hybridized carbons (Fsp3) is 0.0625. The van der Waals surface area contributed by atoms with Crippen molar-refractivity contribution in [1.29, 1.82) is 5.26 Å². The molecule has 3 aromatic rings. The van der Waals surface area contributed by atoms with Gasteiger partial charge in [-0.2, -0.15) is 5.26 Å². The summed E-state index contributed by atoms with van der Waals surface area (Å²) in [4.78, 5) is 16.3. The summed E-state index contributed by atoms with van der Waals surface area (Å²) in [5.74, 6) is 0.745. The van der Waals surface area contributed by atoms with Crippen molar-refractivity contribution in [3.8, 4) is 11.8 Å². The van der Waals surface area contributed by atoms with E-state index in [1.54, 1.807) is 31.4 Å². The number of carbonyl (C=O) groups excluding carboxylic acids is 1. The molecule has 7 heteroatoms. The standard InChI is InChI=1S/C16H12N4O2S/c1-22-12-6-7-13-14(8-12)23-16(19-13)20-15(21)18-11-4-2-10(9-17)3-5-11/h2-8H,1H3,(H2,18,19,20,21). The fourth-order valence-electron chi connectivity index (χ4n) is 1.97. The van der Waals surface area contributed by atoms with Crippen molar-refractivity contribution in [2.24, 2.45) is 0 Å². The lowest BCUT2D eigenvalue weighted by Gasteiger charge is -2.04. The molecular weight excluding hydrogens is 312 g/mol. The molecule has 0 saturated heterocycles. The number of fused-ring (bicyclic) bond motifs is 1. The lowest BCUT2D eigenvalue weighted by molar-refractivity contribution is 0.262. The Morgan fingerprint density at radius 2 is 2.00 bits per heavy atom. The Bertz CT molecular complexity index is 897. The summed E-state index contributed by atoms with van der Waals surface area (Å²) in [6.07, 6.45) is 0. The minimum absolute atomic E-state index is 0.388. The van der Waals surface area contributed by atoms with Crippen molar-refractivity contribution in [3.05, 3.63) is 48.0 Å². The van der Waals surface area contributed by atoms with Gasteiger partial charge >= 0.3 is 6.03 Å². The maximum absolute atomic E-state index is 12.0. The molecule has 0 bridgehead atoms. The van der Waals surface area contributed by atoms with Crippen LogP contribution in [0.1, 0.15) is 5.56 Å². The number of ether oxygens (including phenoxy) is 1. The molecule has 0 saturated carbocycles. The maximum atomic E-state index is 12.0. The number of carbonyl (C=O) groups is 1. The van der Waals surface area contributed by atoms with E-state index >= 15 is 0 Å². The summed E-state index contributed by atoms with van der Waals surface area (Å²) >= 11 is 1.37. The van der Waals surface area contributed by atoms with E-state index < -0.39 is 0 Å². The van der Waals surface area contributed by atoms with Crippen molar-refractivity contribution < 1.29 is 9.53 Å². The number of aromatic nitrogens is 1. The lowest BCUT2D eigenvalue weighted by atomic mass is 10.2. The molecule has 2 amide bonds. The van der Waals surface area contributed by atoms with E-state index in [9.17, 15) is 4.79 Å². The van der Waals surface area contributed by atoms with Gasteiger partial charge in [-0.15, -0.1) is 0 Å². The Morgan fingerprint density at radius 1 is 1.22 bits per heavy atom. The van der Waals surface area contributed by atoms with Gasteiger partial charge in [0.25, 0.3) is 0 Å². The van der Waals surface area contributed by atoms with Crippen LogP contribution in [0, 0.1) is 11.3 Å². The number of nitrogens with one attached hydrogen (secondary N) is 2. The molecule has 1 aromatic heterocycles. The smallest absolute Gasteiger partial charge is 0.325 e. The first-order chi connectivity index (χ1) is 11.2. The summed E-state index contributed by atoms with van der Waals surface area (Å²) in [6, 6.07) is 13.8. The van der Waals surface area contributed by atoms with Gasteiger partial charge in [0.05, 0.1) is 29.0 Å². The molecule has 0 atom stereocenters. The Kier molecular flexibility index (Phi) is 4.08. The minimum atomic E-state index is -0.388. The average Bonchev–Trinajstić information content (AvgIpc) is 2.96. The van der Waals surface area contributed by atoms with Crippen LogP contribution in [-0.4, -0.2) is 18.1 Å². The molecule has 2 N–H and O–H groups in total. The molecule has 0 spiro atoms. The lowest BCUT2D eigenvalue weighted by Crippen LogP contribution is -2.19. The SMILES string of the molecule is COc1ccc2nc(NC(=O)Nc3ccc(C#N)cc3)sc2c1. The second-order valence-electron chi connectivity index (χ2n) is 4.62. The fourth-order valence-corrected chi connectivity index (χ4v) is 2.86. The molecule has 23 heavy (non-hydrogen) atoms. The summed E-state index contributed by atoms with van der Waals surface area (Å²) in [6.45, 7) is 0. The highest BCUT2D eigenvalue weighted by atomic mass is 32.1. The second kappa shape index (κ2) is 6.34. The molecule has 2 aromatic carbocycles. The van der Waals surface area contributed by atoms with Gasteiger partial charge in [-0.05, 0) is 42.5 Å². The Balaban J connectivity index is 1.70. The Hall–Kier alpha value is -3.11. The van der Waals surface area contributed by atoms with Crippen LogP contribution in [0.3, 0.4) is 0 Å². The molecule has 0 fully saturated rings. The average molecular weight is 324 g/mol. The molecule has 1 heterocycles. The highest BCUT2D eigenvalue weighted by Crippen LogP contribution is 2.29. The number of hydrogen-bond donors (Lipinski definition) is 2. The van der Waals surface area contributed by atoms with Gasteiger partial charge in [-0.3, -0.25) is 5.32 Å². The van der Waals surface area contributed by atoms with Gasteiger partial charge in [0.1, 0.15) is 5.75 Å². The van der Waals surface area contributed by atoms with Gasteiger partial charge < -0.3 is 10.1 Å². The summed E-state index contributed by atoms with van der Waals surface area (Å²) in [5.41, 5.74) is 1.94. The van der Waals surface area contributed by atoms with Crippen LogP contribution in [-0.2, 0) is 0 Å². The maximum Gasteiger partial charge on any atom is 0.325 e. The molecule has 0 aliphatic carbocycles. The summed E-state index contributed by atoms with van der Waals surface area (Å²) in [5, 5.41) is 14.6. The van der Waals surface area contributed by atoms with Crippen molar-refractivity contribution >= 4 is 38.4 Å². The highest BCUT2D eigenvalue weighted by Gasteiger charge is 2.08. The van der Waals surface area contributed by atoms with E-state index in [0.717, 1.165) is 16.0 Å². The number of urea groups is 1. The zero-order chi connectivity index (χ0) is 16.2. The third kappa shape index (κ3) is 3.39. The predicted octanol–water partition coefficient (Wildman–Crippen LogP) is 3.82. The van der Waals surface area contributed by atoms with Crippen molar-refractivity contribution in [3.63, 3.8) is 0 Å². The van der Waals surface area contributed by atoms with Crippen LogP contribution in [0.5, 0.6) is 5.75 Å². The molecule has 0 aliphatic rings. The van der Waals surface area contributed by atoms with Crippen LogP contribution < -0.4 is 15.4 Å². The van der Waals surface area contributed by atoms with E-state index in [0.29, 0.717) is 16.4 Å². The largest absolute Gasteiger partial charge is 0.497 e. The minimum Gasteiger partial charge on any atom is -0.497 e. The van der Waals surface area contributed by atoms with Gasteiger partial charge in [0.15, 0.2) is 5.13 Å². The Morgan fingerprint density at radius 3 is 2.70 bits per heavy atom. The van der Waals surface area contributed by atoms with Crippen LogP contribution in [0.2, 0.25) is 0 Å². The normalized spacial score (nSPS) is 10.1. The second-order valence-corrected chi connectivity index (χ2v) is 5.65. The number of nitrogens with zero attached hydrogens (tertiary/aromatic N) is 2. The van der Waals surface area contributed by atoms with E-state index in [1.807, 2.05) is 24.3 Å². The number of benzene rings is 2. The first kappa shape index (κ1) is 14.8. The molecule has 6 nitrogen and oxygen atoms in total. The van der Waals surface area contributed by atoms with Crippen molar-refractivity contribution in [1.82, 2.24) is 4.98 Å². The zero-order valence-electron chi connectivity index (χ0n) is 12.2. The van der Waals surface area contributed by atoms with Gasteiger partial charge in [-0.1, -0.05) is 11.3 Å². The molecule has 0 radical (unpaired) electrons. The third-order valence-electron chi connectivity index (χ3n) is 3.09. The molecular formula is C16H12N4O2S. The molecule has 0 aliphatic heterocycles. The number of amides is 2. The number of nitriles is 1. The van der Waals surface area contributed by atoms with Crippen molar-refractivity contribution in [2.75, 3.05) is 17.7 Å². The first-order valence-corrected chi connectivity index (χ1v) is 7.52.